The first-order valence-corrected chi connectivity index (χ1v) is 7.39. The number of carbonyl (C=O) groups excluding carboxylic acids is 1. The maximum Gasteiger partial charge on any atom is 0.241 e. The van der Waals surface area contributed by atoms with E-state index < -0.39 is 0 Å². The van der Waals surface area contributed by atoms with Crippen molar-refractivity contribution >= 4 is 17.1 Å². The van der Waals surface area contributed by atoms with Crippen LogP contribution in [0, 0.1) is 6.92 Å². The number of imidazole rings is 1. The number of nitrogens with two attached hydrogens (primary N) is 1. The Bertz CT molecular complexity index is 585. The van der Waals surface area contributed by atoms with Crippen LogP contribution in [0.4, 0.5) is 5.82 Å². The Hall–Kier alpha value is -2.11. The molecule has 2 aromatic heterocycles. The van der Waals surface area contributed by atoms with Crippen molar-refractivity contribution in [2.24, 2.45) is 0 Å². The maximum atomic E-state index is 10.5. The lowest BCUT2D eigenvalue weighted by molar-refractivity contribution is -0.120. The van der Waals surface area contributed by atoms with Crippen LogP contribution in [0.5, 0.6) is 5.88 Å². The number of ketones is 1. The third-order valence-corrected chi connectivity index (χ3v) is 3.15. The van der Waals surface area contributed by atoms with Crippen molar-refractivity contribution in [1.29, 1.82) is 0 Å². The molecule has 1 aliphatic rings. The molecular formula is C15H24N4O2. The summed E-state index contributed by atoms with van der Waals surface area (Å²) in [5.41, 5.74) is 6.01. The van der Waals surface area contributed by atoms with Crippen LogP contribution >= 0.6 is 0 Å². The third kappa shape index (κ3) is 4.44. The van der Waals surface area contributed by atoms with Crippen molar-refractivity contribution in [3.8, 4) is 5.88 Å². The molecule has 0 radical (unpaired) electrons. The van der Waals surface area contributed by atoms with Crippen LogP contribution < -0.4 is 5.73 Å². The number of fused-ring (bicyclic) bond motifs is 1. The minimum Gasteiger partial charge on any atom is -0.492 e. The van der Waals surface area contributed by atoms with Gasteiger partial charge in [-0.05, 0) is 19.8 Å². The van der Waals surface area contributed by atoms with E-state index >= 15 is 0 Å². The Morgan fingerprint density at radius 3 is 2.33 bits per heavy atom. The lowest BCUT2D eigenvalue weighted by Crippen LogP contribution is -2.02. The van der Waals surface area contributed by atoms with E-state index in [9.17, 15) is 9.90 Å². The number of aromatic nitrogens is 3. The van der Waals surface area contributed by atoms with E-state index in [0.717, 1.165) is 25.7 Å². The fourth-order valence-electron chi connectivity index (χ4n) is 2.14. The summed E-state index contributed by atoms with van der Waals surface area (Å²) in [6, 6.07) is 0. The number of Topliss-reactive ketones (excluding diaryl/α,β-unsaturated/α-hetero) is 1. The van der Waals surface area contributed by atoms with E-state index in [4.69, 9.17) is 5.73 Å². The molecule has 0 saturated heterocycles. The minimum absolute atomic E-state index is 0.0712. The molecule has 3 N–H and O–H groups in total. The lowest BCUT2D eigenvalue weighted by Gasteiger charge is -2.05. The molecule has 2 heterocycles. The molecule has 0 atom stereocenters. The monoisotopic (exact) mass is 292 g/mol. The molecule has 0 aromatic carbocycles. The van der Waals surface area contributed by atoms with Gasteiger partial charge in [0.25, 0.3) is 0 Å². The Balaban J connectivity index is 0.000000210. The number of nitrogens with zero attached hydrogens (tertiary/aromatic N) is 3. The Morgan fingerprint density at radius 1 is 1.24 bits per heavy atom. The number of anilines is 1. The number of hydrogen-bond acceptors (Lipinski definition) is 5. The normalized spacial score (nSPS) is 14.0. The summed E-state index contributed by atoms with van der Waals surface area (Å²) in [5.74, 6) is 1.37. The summed E-state index contributed by atoms with van der Waals surface area (Å²) in [5, 5.41) is 9.32. The van der Waals surface area contributed by atoms with Crippen molar-refractivity contribution < 1.29 is 9.90 Å². The van der Waals surface area contributed by atoms with Gasteiger partial charge in [-0.15, -0.1) is 0 Å². The van der Waals surface area contributed by atoms with Crippen molar-refractivity contribution in [3.63, 3.8) is 0 Å². The molecule has 116 valence electrons. The maximum absolute atomic E-state index is 10.5. The van der Waals surface area contributed by atoms with Crippen LogP contribution in [0.25, 0.3) is 5.52 Å². The molecule has 6 heteroatoms. The van der Waals surface area contributed by atoms with Gasteiger partial charge in [0.05, 0.1) is 0 Å². The van der Waals surface area contributed by atoms with Gasteiger partial charge in [-0.3, -0.25) is 9.20 Å². The Morgan fingerprint density at radius 2 is 1.86 bits per heavy atom. The first-order chi connectivity index (χ1) is 10.1. The van der Waals surface area contributed by atoms with E-state index in [-0.39, 0.29) is 11.7 Å². The average Bonchev–Trinajstić information content (AvgIpc) is 2.79. The summed E-state index contributed by atoms with van der Waals surface area (Å²) < 4.78 is 1.69. The van der Waals surface area contributed by atoms with Gasteiger partial charge in [0, 0.05) is 25.2 Å². The van der Waals surface area contributed by atoms with Crippen molar-refractivity contribution in [1.82, 2.24) is 14.4 Å². The molecule has 2 aromatic rings. The van der Waals surface area contributed by atoms with Gasteiger partial charge < -0.3 is 10.8 Å². The van der Waals surface area contributed by atoms with Crippen LogP contribution in [0.15, 0.2) is 12.4 Å². The van der Waals surface area contributed by atoms with Crippen LogP contribution in [-0.4, -0.2) is 25.3 Å². The average molecular weight is 292 g/mol. The van der Waals surface area contributed by atoms with E-state index in [1.54, 1.807) is 23.7 Å². The summed E-state index contributed by atoms with van der Waals surface area (Å²) in [6.07, 6.45) is 8.51. The van der Waals surface area contributed by atoms with E-state index in [2.05, 4.69) is 9.97 Å². The molecule has 0 bridgehead atoms. The number of aryl methyl sites for hydroxylation is 1. The highest BCUT2D eigenvalue weighted by molar-refractivity contribution is 5.78. The SMILES string of the molecule is CC.Cc1nc(O)c2c(N)nccn12.O=C1CCCCC1. The zero-order valence-electron chi connectivity index (χ0n) is 13.0. The molecule has 1 aliphatic carbocycles. The molecule has 0 amide bonds. The van der Waals surface area contributed by atoms with E-state index in [1.807, 2.05) is 13.8 Å². The zero-order chi connectivity index (χ0) is 15.8. The first-order valence-electron chi connectivity index (χ1n) is 7.39. The molecule has 0 spiro atoms. The molecular weight excluding hydrogens is 268 g/mol. The topological polar surface area (TPSA) is 93.5 Å². The molecule has 6 nitrogen and oxygen atoms in total. The molecule has 1 fully saturated rings. The van der Waals surface area contributed by atoms with E-state index in [1.165, 1.54) is 6.42 Å². The molecule has 1 saturated carbocycles. The fourth-order valence-corrected chi connectivity index (χ4v) is 2.14. The molecule has 0 unspecified atom stereocenters. The van der Waals surface area contributed by atoms with Crippen LogP contribution in [0.3, 0.4) is 0 Å². The largest absolute Gasteiger partial charge is 0.492 e. The van der Waals surface area contributed by atoms with Crippen molar-refractivity contribution in [2.75, 3.05) is 5.73 Å². The number of hydrogen-bond donors (Lipinski definition) is 2. The number of carbonyl (C=O) groups is 1. The summed E-state index contributed by atoms with van der Waals surface area (Å²) in [4.78, 5) is 18.2. The number of nitrogen functional groups attached to an aromatic ring is 1. The summed E-state index contributed by atoms with van der Waals surface area (Å²) >= 11 is 0. The van der Waals surface area contributed by atoms with Gasteiger partial charge in [0.15, 0.2) is 11.3 Å². The van der Waals surface area contributed by atoms with Gasteiger partial charge >= 0.3 is 0 Å². The van der Waals surface area contributed by atoms with Gasteiger partial charge in [0.2, 0.25) is 5.88 Å². The number of aromatic hydroxyl groups is 1. The molecule has 3 rings (SSSR count). The van der Waals surface area contributed by atoms with E-state index in [0.29, 0.717) is 17.1 Å². The Kier molecular flexibility index (Phi) is 6.65. The molecule has 0 aliphatic heterocycles. The highest BCUT2D eigenvalue weighted by Gasteiger charge is 2.09. The van der Waals surface area contributed by atoms with Gasteiger partial charge in [-0.2, -0.15) is 4.98 Å². The Labute approximate surface area is 125 Å². The standard InChI is InChI=1S/C7H8N4O.C6H10O.C2H6/c1-4-10-7(12)5-6(8)9-2-3-11(4)5;7-6-4-2-1-3-5-6;1-2/h2-3,12H,1H3,(H2,8,9);1-5H2;1-2H3. The minimum atomic E-state index is -0.0712. The fraction of sp³-hybridized carbons (Fsp3) is 0.533. The van der Waals surface area contributed by atoms with Crippen LogP contribution in [-0.2, 0) is 4.79 Å². The van der Waals surface area contributed by atoms with Crippen molar-refractivity contribution in [2.45, 2.75) is 52.9 Å². The highest BCUT2D eigenvalue weighted by Crippen LogP contribution is 2.22. The second kappa shape index (κ2) is 8.24. The first kappa shape index (κ1) is 16.9. The van der Waals surface area contributed by atoms with Gasteiger partial charge in [-0.1, -0.05) is 20.3 Å². The third-order valence-electron chi connectivity index (χ3n) is 3.15. The zero-order valence-corrected chi connectivity index (χ0v) is 13.0. The van der Waals surface area contributed by atoms with Crippen LogP contribution in [0.2, 0.25) is 0 Å². The summed E-state index contributed by atoms with van der Waals surface area (Å²) in [6.45, 7) is 5.78. The highest BCUT2D eigenvalue weighted by atomic mass is 16.3. The van der Waals surface area contributed by atoms with Gasteiger partial charge in [0.1, 0.15) is 11.6 Å². The van der Waals surface area contributed by atoms with Gasteiger partial charge in [-0.25, -0.2) is 4.98 Å². The molecule has 21 heavy (non-hydrogen) atoms. The second-order valence-corrected chi connectivity index (χ2v) is 4.61. The smallest absolute Gasteiger partial charge is 0.241 e. The lowest BCUT2D eigenvalue weighted by atomic mass is 10.00. The quantitative estimate of drug-likeness (QED) is 0.778. The van der Waals surface area contributed by atoms with Crippen molar-refractivity contribution in [3.05, 3.63) is 18.2 Å². The summed E-state index contributed by atoms with van der Waals surface area (Å²) in [7, 11) is 0. The van der Waals surface area contributed by atoms with Crippen LogP contribution in [0.1, 0.15) is 51.8 Å². The number of rotatable bonds is 0. The predicted molar refractivity (Wildman–Crippen MR) is 83.2 cm³/mol. The second-order valence-electron chi connectivity index (χ2n) is 4.61. The predicted octanol–water partition coefficient (Wildman–Crippen LogP) is 2.87.